The van der Waals surface area contributed by atoms with E-state index in [1.165, 1.54) is 40.7 Å². The van der Waals surface area contributed by atoms with E-state index >= 15 is 0 Å². The lowest BCUT2D eigenvalue weighted by atomic mass is 9.99. The second-order valence-electron chi connectivity index (χ2n) is 7.95. The molecule has 0 bridgehead atoms. The number of fused-ring (bicyclic) bond motifs is 2. The summed E-state index contributed by atoms with van der Waals surface area (Å²) in [7, 11) is 3.12. The van der Waals surface area contributed by atoms with E-state index in [1.54, 1.807) is 0 Å². The highest BCUT2D eigenvalue weighted by atomic mass is 32.2. The van der Waals surface area contributed by atoms with Gasteiger partial charge >= 0.3 is 6.03 Å². The SMILES string of the molecule is CN(C)Cc1ccc(S(N)=NC(=O)Nc2c3c(cc4c2CCC4)CCC3)cc1. The maximum Gasteiger partial charge on any atom is 0.352 e. The summed E-state index contributed by atoms with van der Waals surface area (Å²) in [5, 5.41) is 9.31. The lowest BCUT2D eigenvalue weighted by molar-refractivity contribution is 0.260. The molecule has 3 N–H and O–H groups in total. The molecule has 0 fully saturated rings. The third-order valence-electron chi connectivity index (χ3n) is 5.55. The minimum Gasteiger partial charge on any atom is -0.305 e. The van der Waals surface area contributed by atoms with Gasteiger partial charge in [-0.15, -0.1) is 0 Å². The van der Waals surface area contributed by atoms with Gasteiger partial charge in [0, 0.05) is 28.0 Å². The van der Waals surface area contributed by atoms with E-state index in [0.29, 0.717) is 0 Å². The Bertz CT molecular complexity index is 902. The van der Waals surface area contributed by atoms with Crippen molar-refractivity contribution >= 4 is 22.6 Å². The van der Waals surface area contributed by atoms with Gasteiger partial charge in [0.1, 0.15) is 0 Å². The first-order chi connectivity index (χ1) is 13.5. The van der Waals surface area contributed by atoms with Crippen molar-refractivity contribution in [2.75, 3.05) is 19.4 Å². The van der Waals surface area contributed by atoms with Crippen molar-refractivity contribution in [3.05, 3.63) is 58.1 Å². The molecule has 2 aliphatic carbocycles. The molecule has 0 saturated carbocycles. The van der Waals surface area contributed by atoms with Gasteiger partial charge in [0.05, 0.1) is 0 Å². The predicted octanol–water partition coefficient (Wildman–Crippen LogP) is 3.99. The zero-order chi connectivity index (χ0) is 19.7. The number of nitrogens with one attached hydrogen (secondary N) is 1. The molecule has 28 heavy (non-hydrogen) atoms. The number of carbonyl (C=O) groups is 1. The number of carbonyl (C=O) groups excluding carboxylic acids is 1. The molecule has 0 aliphatic heterocycles. The molecule has 1 atom stereocenters. The third-order valence-corrected chi connectivity index (χ3v) is 6.67. The molecule has 2 aromatic rings. The van der Waals surface area contributed by atoms with Gasteiger partial charge in [-0.25, -0.2) is 4.79 Å². The Morgan fingerprint density at radius 3 is 2.25 bits per heavy atom. The number of aryl methyl sites for hydroxylation is 2. The van der Waals surface area contributed by atoms with Crippen LogP contribution in [0, 0.1) is 0 Å². The summed E-state index contributed by atoms with van der Waals surface area (Å²) in [5.41, 5.74) is 7.67. The monoisotopic (exact) mass is 396 g/mol. The van der Waals surface area contributed by atoms with Gasteiger partial charge < -0.3 is 10.2 Å². The number of amides is 2. The molecule has 1 unspecified atom stereocenters. The van der Waals surface area contributed by atoms with Gasteiger partial charge in [-0.3, -0.25) is 5.14 Å². The Balaban J connectivity index is 1.53. The van der Waals surface area contributed by atoms with Gasteiger partial charge in [0.2, 0.25) is 0 Å². The van der Waals surface area contributed by atoms with Crippen molar-refractivity contribution < 1.29 is 4.79 Å². The fourth-order valence-corrected chi connectivity index (χ4v) is 5.08. The quantitative estimate of drug-likeness (QED) is 0.821. The fraction of sp³-hybridized carbons (Fsp3) is 0.409. The van der Waals surface area contributed by atoms with Crippen molar-refractivity contribution in [2.24, 2.45) is 9.50 Å². The average molecular weight is 397 g/mol. The second kappa shape index (κ2) is 8.15. The number of benzene rings is 2. The number of anilines is 1. The van der Waals surface area contributed by atoms with Crippen molar-refractivity contribution in [3.63, 3.8) is 0 Å². The highest BCUT2D eigenvalue weighted by Gasteiger charge is 2.24. The van der Waals surface area contributed by atoms with Gasteiger partial charge in [-0.1, -0.05) is 18.2 Å². The molecular weight excluding hydrogens is 368 g/mol. The smallest absolute Gasteiger partial charge is 0.305 e. The van der Waals surface area contributed by atoms with Crippen LogP contribution >= 0.6 is 0 Å². The van der Waals surface area contributed by atoms with E-state index in [-0.39, 0.29) is 6.03 Å². The van der Waals surface area contributed by atoms with Crippen LogP contribution in [0.3, 0.4) is 0 Å². The van der Waals surface area contributed by atoms with Crippen LogP contribution in [0.2, 0.25) is 0 Å². The van der Waals surface area contributed by atoms with Gasteiger partial charge in [-0.05, 0) is 92.6 Å². The third kappa shape index (κ3) is 4.04. The molecular formula is C22H28N4OS. The summed E-state index contributed by atoms with van der Waals surface area (Å²) in [6.07, 6.45) is 6.64. The summed E-state index contributed by atoms with van der Waals surface area (Å²) >= 11 is 0. The molecule has 0 spiro atoms. The molecule has 0 radical (unpaired) electrons. The first-order valence-corrected chi connectivity index (χ1v) is 11.2. The molecule has 5 nitrogen and oxygen atoms in total. The van der Waals surface area contributed by atoms with Crippen LogP contribution in [0.15, 0.2) is 39.6 Å². The first-order valence-electron chi connectivity index (χ1n) is 9.93. The molecule has 0 saturated heterocycles. The Morgan fingerprint density at radius 2 is 1.68 bits per heavy atom. The Morgan fingerprint density at radius 1 is 1.07 bits per heavy atom. The van der Waals surface area contributed by atoms with E-state index in [1.807, 2.05) is 38.4 Å². The highest BCUT2D eigenvalue weighted by molar-refractivity contribution is 7.85. The zero-order valence-corrected chi connectivity index (χ0v) is 17.4. The van der Waals surface area contributed by atoms with Gasteiger partial charge in [-0.2, -0.15) is 4.36 Å². The number of urea groups is 1. The normalized spacial score (nSPS) is 16.3. The summed E-state index contributed by atoms with van der Waals surface area (Å²) in [4.78, 5) is 15.6. The minimum atomic E-state index is -0.955. The molecule has 2 aromatic carbocycles. The number of hydrogen-bond acceptors (Lipinski definition) is 2. The predicted molar refractivity (Wildman–Crippen MR) is 116 cm³/mol. The first kappa shape index (κ1) is 19.3. The van der Waals surface area contributed by atoms with Crippen LogP contribution in [-0.4, -0.2) is 25.0 Å². The van der Waals surface area contributed by atoms with Crippen LogP contribution in [-0.2, 0) is 43.1 Å². The second-order valence-corrected chi connectivity index (χ2v) is 9.23. The molecule has 148 valence electrons. The van der Waals surface area contributed by atoms with Crippen LogP contribution in [0.4, 0.5) is 10.5 Å². The number of nitrogens with zero attached hydrogens (tertiary/aromatic N) is 2. The van der Waals surface area contributed by atoms with Crippen LogP contribution < -0.4 is 10.5 Å². The molecule has 6 heteroatoms. The Labute approximate surface area is 169 Å². The molecule has 0 heterocycles. The topological polar surface area (TPSA) is 70.7 Å². The van der Waals surface area contributed by atoms with Crippen molar-refractivity contribution in [1.29, 1.82) is 0 Å². The van der Waals surface area contributed by atoms with E-state index in [2.05, 4.69) is 20.6 Å². The zero-order valence-electron chi connectivity index (χ0n) is 16.6. The maximum absolute atomic E-state index is 12.7. The Hall–Kier alpha value is -2.02. The largest absolute Gasteiger partial charge is 0.352 e. The lowest BCUT2D eigenvalue weighted by Gasteiger charge is -2.15. The van der Waals surface area contributed by atoms with Crippen molar-refractivity contribution in [3.8, 4) is 0 Å². The van der Waals surface area contributed by atoms with E-state index < -0.39 is 10.9 Å². The summed E-state index contributed by atoms with van der Waals surface area (Å²) in [6.45, 7) is 0.875. The van der Waals surface area contributed by atoms with Crippen LogP contribution in [0.5, 0.6) is 0 Å². The van der Waals surface area contributed by atoms with Crippen LogP contribution in [0.25, 0.3) is 0 Å². The molecule has 2 aliphatic rings. The fourth-order valence-electron chi connectivity index (χ4n) is 4.34. The lowest BCUT2D eigenvalue weighted by Crippen LogP contribution is -2.15. The average Bonchev–Trinajstić information content (AvgIpc) is 3.30. The summed E-state index contributed by atoms with van der Waals surface area (Å²) in [5.74, 6) is 0. The van der Waals surface area contributed by atoms with Crippen molar-refractivity contribution in [1.82, 2.24) is 4.90 Å². The van der Waals surface area contributed by atoms with E-state index in [0.717, 1.165) is 42.8 Å². The minimum absolute atomic E-state index is 0.336. The van der Waals surface area contributed by atoms with Gasteiger partial charge in [0.25, 0.3) is 0 Å². The Kier molecular flexibility index (Phi) is 5.62. The van der Waals surface area contributed by atoms with E-state index in [9.17, 15) is 4.79 Å². The molecule has 0 aromatic heterocycles. The van der Waals surface area contributed by atoms with E-state index in [4.69, 9.17) is 5.14 Å². The van der Waals surface area contributed by atoms with Crippen LogP contribution in [0.1, 0.15) is 40.7 Å². The highest BCUT2D eigenvalue weighted by Crippen LogP contribution is 2.38. The van der Waals surface area contributed by atoms with Gasteiger partial charge in [0.15, 0.2) is 0 Å². The number of nitrogens with two attached hydrogens (primary N) is 1. The standard InChI is InChI=1S/C22H28N4OS/c1-26(2)14-15-9-11-18(12-10-15)28(23)25-22(27)24-21-19-7-3-5-16(19)13-17-6-4-8-20(17)21/h9-13H,3-8,14H2,1-2H3,(H3,23,24,25,27). The summed E-state index contributed by atoms with van der Waals surface area (Å²) in [6, 6.07) is 10.1. The summed E-state index contributed by atoms with van der Waals surface area (Å²) < 4.78 is 4.23. The number of rotatable bonds is 4. The van der Waals surface area contributed by atoms with Crippen molar-refractivity contribution in [2.45, 2.75) is 50.0 Å². The molecule has 4 rings (SSSR count). The maximum atomic E-state index is 12.7. The molecule has 2 amide bonds. The number of hydrogen-bond donors (Lipinski definition) is 2.